The minimum absolute atomic E-state index is 0.0558. The molecule has 0 saturated heterocycles. The monoisotopic (exact) mass is 229 g/mol. The molecule has 0 aromatic rings. The molecule has 1 aliphatic carbocycles. The lowest BCUT2D eigenvalue weighted by atomic mass is 10.4. The molecule has 0 aromatic heterocycles. The summed E-state index contributed by atoms with van der Waals surface area (Å²) in [5.41, 5.74) is 0. The van der Waals surface area contributed by atoms with Crippen molar-refractivity contribution < 1.29 is 9.53 Å². The molecule has 1 amide bonds. The Morgan fingerprint density at radius 1 is 1.44 bits per heavy atom. The smallest absolute Gasteiger partial charge is 0.234 e. The van der Waals surface area contributed by atoms with E-state index in [1.165, 1.54) is 12.8 Å². The summed E-state index contributed by atoms with van der Waals surface area (Å²) in [6, 6.07) is 0.761. The Balaban J connectivity index is 1.89. The number of hydrogen-bond donors (Lipinski definition) is 2. The maximum Gasteiger partial charge on any atom is 0.234 e. The van der Waals surface area contributed by atoms with Crippen LogP contribution in [0.4, 0.5) is 0 Å². The zero-order valence-electron chi connectivity index (χ0n) is 10.3. The molecule has 0 aliphatic heterocycles. The molecule has 1 rings (SSSR count). The largest absolute Gasteiger partial charge is 0.383 e. The van der Waals surface area contributed by atoms with Gasteiger partial charge in [0.1, 0.15) is 0 Å². The van der Waals surface area contributed by atoms with E-state index in [-0.39, 0.29) is 5.91 Å². The SMILES string of the molecule is COCCNCC(=O)NCCN(C)C1CC1. The molecule has 16 heavy (non-hydrogen) atoms. The molecule has 0 aromatic carbocycles. The van der Waals surface area contributed by atoms with Gasteiger partial charge in [-0.05, 0) is 19.9 Å². The van der Waals surface area contributed by atoms with E-state index in [1.54, 1.807) is 7.11 Å². The third-order valence-corrected chi connectivity index (χ3v) is 2.73. The van der Waals surface area contributed by atoms with Crippen molar-refractivity contribution in [3.8, 4) is 0 Å². The van der Waals surface area contributed by atoms with Crippen LogP contribution in [0.5, 0.6) is 0 Å². The van der Waals surface area contributed by atoms with E-state index >= 15 is 0 Å². The van der Waals surface area contributed by atoms with E-state index in [0.717, 1.165) is 19.1 Å². The van der Waals surface area contributed by atoms with E-state index in [9.17, 15) is 4.79 Å². The minimum atomic E-state index is 0.0558. The highest BCUT2D eigenvalue weighted by molar-refractivity contribution is 5.77. The van der Waals surface area contributed by atoms with Crippen molar-refractivity contribution in [3.63, 3.8) is 0 Å². The number of methoxy groups -OCH3 is 1. The van der Waals surface area contributed by atoms with Crippen LogP contribution in [0.25, 0.3) is 0 Å². The van der Waals surface area contributed by atoms with E-state index in [4.69, 9.17) is 4.74 Å². The summed E-state index contributed by atoms with van der Waals surface area (Å²) >= 11 is 0. The normalized spacial score (nSPS) is 15.4. The van der Waals surface area contributed by atoms with Crippen molar-refractivity contribution in [2.24, 2.45) is 0 Å². The number of hydrogen-bond acceptors (Lipinski definition) is 4. The molecule has 0 spiro atoms. The maximum atomic E-state index is 11.3. The molecule has 0 bridgehead atoms. The maximum absolute atomic E-state index is 11.3. The van der Waals surface area contributed by atoms with Crippen molar-refractivity contribution in [2.45, 2.75) is 18.9 Å². The first-order valence-electron chi connectivity index (χ1n) is 5.90. The predicted octanol–water partition coefficient (Wildman–Crippen LogP) is -0.567. The summed E-state index contributed by atoms with van der Waals surface area (Å²) in [5, 5.41) is 5.90. The molecular formula is C11H23N3O2. The van der Waals surface area contributed by atoms with Crippen molar-refractivity contribution in [3.05, 3.63) is 0 Å². The van der Waals surface area contributed by atoms with Gasteiger partial charge in [-0.1, -0.05) is 0 Å². The second-order valence-electron chi connectivity index (χ2n) is 4.23. The average molecular weight is 229 g/mol. The van der Waals surface area contributed by atoms with E-state index in [2.05, 4.69) is 22.6 Å². The van der Waals surface area contributed by atoms with Crippen LogP contribution in [0.3, 0.4) is 0 Å². The lowest BCUT2D eigenvalue weighted by Crippen LogP contribution is -2.39. The van der Waals surface area contributed by atoms with Crippen LogP contribution >= 0.6 is 0 Å². The van der Waals surface area contributed by atoms with Gasteiger partial charge < -0.3 is 20.3 Å². The number of nitrogens with zero attached hydrogens (tertiary/aromatic N) is 1. The zero-order valence-corrected chi connectivity index (χ0v) is 10.3. The van der Waals surface area contributed by atoms with Gasteiger partial charge in [0.2, 0.25) is 5.91 Å². The van der Waals surface area contributed by atoms with Crippen LogP contribution in [-0.2, 0) is 9.53 Å². The fourth-order valence-electron chi connectivity index (χ4n) is 1.51. The molecule has 0 unspecified atom stereocenters. The van der Waals surface area contributed by atoms with Gasteiger partial charge in [-0.2, -0.15) is 0 Å². The lowest BCUT2D eigenvalue weighted by molar-refractivity contribution is -0.120. The molecule has 5 nitrogen and oxygen atoms in total. The Morgan fingerprint density at radius 3 is 2.81 bits per heavy atom. The molecular weight excluding hydrogens is 206 g/mol. The second-order valence-corrected chi connectivity index (χ2v) is 4.23. The number of carbonyl (C=O) groups is 1. The first-order chi connectivity index (χ1) is 7.74. The van der Waals surface area contributed by atoms with Crippen LogP contribution in [0.1, 0.15) is 12.8 Å². The number of amides is 1. The second kappa shape index (κ2) is 7.60. The predicted molar refractivity (Wildman–Crippen MR) is 63.4 cm³/mol. The van der Waals surface area contributed by atoms with Gasteiger partial charge in [-0.25, -0.2) is 0 Å². The minimum Gasteiger partial charge on any atom is -0.383 e. The van der Waals surface area contributed by atoms with E-state index < -0.39 is 0 Å². The number of ether oxygens (including phenoxy) is 1. The van der Waals surface area contributed by atoms with Gasteiger partial charge in [-0.15, -0.1) is 0 Å². The summed E-state index contributed by atoms with van der Waals surface area (Å²) in [6.07, 6.45) is 2.62. The summed E-state index contributed by atoms with van der Waals surface area (Å²) in [5.74, 6) is 0.0558. The quantitative estimate of drug-likeness (QED) is 0.520. The van der Waals surface area contributed by atoms with Gasteiger partial charge in [0.15, 0.2) is 0 Å². The van der Waals surface area contributed by atoms with Gasteiger partial charge >= 0.3 is 0 Å². The Morgan fingerprint density at radius 2 is 2.19 bits per heavy atom. The standard InChI is InChI=1S/C11H23N3O2/c1-14(10-3-4-10)7-5-13-11(15)9-12-6-8-16-2/h10,12H,3-9H2,1-2H3,(H,13,15). The van der Waals surface area contributed by atoms with Gasteiger partial charge in [0, 0.05) is 32.8 Å². The molecule has 1 saturated carbocycles. The highest BCUT2D eigenvalue weighted by Gasteiger charge is 2.25. The zero-order chi connectivity index (χ0) is 11.8. The van der Waals surface area contributed by atoms with Crippen LogP contribution in [0, 0.1) is 0 Å². The fourth-order valence-corrected chi connectivity index (χ4v) is 1.51. The van der Waals surface area contributed by atoms with E-state index in [1.807, 2.05) is 0 Å². The molecule has 0 atom stereocenters. The van der Waals surface area contributed by atoms with Crippen molar-refractivity contribution >= 4 is 5.91 Å². The molecule has 5 heteroatoms. The van der Waals surface area contributed by atoms with Crippen molar-refractivity contribution in [1.29, 1.82) is 0 Å². The average Bonchev–Trinajstić information content (AvgIpc) is 3.08. The van der Waals surface area contributed by atoms with Crippen molar-refractivity contribution in [2.75, 3.05) is 46.9 Å². The Bertz CT molecular complexity index is 207. The fraction of sp³-hybridized carbons (Fsp3) is 0.909. The highest BCUT2D eigenvalue weighted by Crippen LogP contribution is 2.24. The van der Waals surface area contributed by atoms with Crippen LogP contribution in [0.2, 0.25) is 0 Å². The number of likely N-dealkylation sites (N-methyl/N-ethyl adjacent to an activating group) is 1. The Hall–Kier alpha value is -0.650. The highest BCUT2D eigenvalue weighted by atomic mass is 16.5. The van der Waals surface area contributed by atoms with Crippen molar-refractivity contribution in [1.82, 2.24) is 15.5 Å². The third kappa shape index (κ3) is 6.05. The van der Waals surface area contributed by atoms with Gasteiger partial charge in [0.05, 0.1) is 13.2 Å². The summed E-state index contributed by atoms with van der Waals surface area (Å²) in [7, 11) is 3.76. The molecule has 0 heterocycles. The molecule has 1 fully saturated rings. The van der Waals surface area contributed by atoms with Gasteiger partial charge in [0.25, 0.3) is 0 Å². The van der Waals surface area contributed by atoms with Gasteiger partial charge in [-0.3, -0.25) is 4.79 Å². The van der Waals surface area contributed by atoms with Crippen LogP contribution in [-0.4, -0.2) is 63.8 Å². The summed E-state index contributed by atoms with van der Waals surface area (Å²) < 4.78 is 4.87. The molecule has 1 aliphatic rings. The topological polar surface area (TPSA) is 53.6 Å². The molecule has 94 valence electrons. The Labute approximate surface area is 97.5 Å². The Kier molecular flexibility index (Phi) is 6.37. The third-order valence-electron chi connectivity index (χ3n) is 2.73. The van der Waals surface area contributed by atoms with E-state index in [0.29, 0.717) is 19.7 Å². The number of carbonyl (C=O) groups excluding carboxylic acids is 1. The first kappa shape index (κ1) is 13.4. The first-order valence-corrected chi connectivity index (χ1v) is 5.90. The molecule has 0 radical (unpaired) electrons. The molecule has 2 N–H and O–H groups in total. The summed E-state index contributed by atoms with van der Waals surface area (Å²) in [6.45, 7) is 3.40. The summed E-state index contributed by atoms with van der Waals surface area (Å²) in [4.78, 5) is 13.6. The lowest BCUT2D eigenvalue weighted by Gasteiger charge is -2.15. The van der Waals surface area contributed by atoms with Crippen LogP contribution < -0.4 is 10.6 Å². The van der Waals surface area contributed by atoms with Crippen LogP contribution in [0.15, 0.2) is 0 Å². The number of rotatable bonds is 9. The number of nitrogens with one attached hydrogen (secondary N) is 2.